The normalized spacial score (nSPS) is 15.5. The first-order valence-electron chi connectivity index (χ1n) is 11.0. The Hall–Kier alpha value is -3.23. The predicted octanol–water partition coefficient (Wildman–Crippen LogP) is 3.05. The molecule has 0 fully saturated rings. The van der Waals surface area contributed by atoms with Crippen LogP contribution in [0.2, 0.25) is 0 Å². The minimum atomic E-state index is -4.35. The van der Waals surface area contributed by atoms with Gasteiger partial charge in [-0.3, -0.25) is 9.52 Å². The van der Waals surface area contributed by atoms with Gasteiger partial charge >= 0.3 is 0 Å². The molecule has 3 aromatic rings. The van der Waals surface area contributed by atoms with E-state index in [1.165, 1.54) is 28.2 Å². The van der Waals surface area contributed by atoms with Crippen molar-refractivity contribution in [3.63, 3.8) is 0 Å². The van der Waals surface area contributed by atoms with E-state index in [1.54, 1.807) is 17.5 Å². The fourth-order valence-electron chi connectivity index (χ4n) is 3.60. The summed E-state index contributed by atoms with van der Waals surface area (Å²) >= 11 is 1.31. The Bertz CT molecular complexity index is 1610. The van der Waals surface area contributed by atoms with Crippen molar-refractivity contribution in [2.45, 2.75) is 38.1 Å². The van der Waals surface area contributed by atoms with Gasteiger partial charge < -0.3 is 10.4 Å². The second kappa shape index (κ2) is 9.67. The number of anilines is 2. The van der Waals surface area contributed by atoms with Crippen molar-refractivity contribution in [3.8, 4) is 16.3 Å². The van der Waals surface area contributed by atoms with Crippen LogP contribution >= 0.6 is 11.3 Å². The highest BCUT2D eigenvalue weighted by Gasteiger charge is 2.31. The molecule has 1 unspecified atom stereocenters. The molecule has 0 amide bonds. The Morgan fingerprint density at radius 2 is 2.03 bits per heavy atom. The van der Waals surface area contributed by atoms with Crippen molar-refractivity contribution in [1.82, 2.24) is 9.78 Å². The summed E-state index contributed by atoms with van der Waals surface area (Å²) in [6.45, 7) is 4.37. The van der Waals surface area contributed by atoms with Gasteiger partial charge in [-0.25, -0.2) is 13.1 Å². The zero-order valence-electron chi connectivity index (χ0n) is 19.7. The van der Waals surface area contributed by atoms with Crippen molar-refractivity contribution >= 4 is 48.6 Å². The second-order valence-corrected chi connectivity index (χ2v) is 12.8. The van der Waals surface area contributed by atoms with E-state index >= 15 is 0 Å². The van der Waals surface area contributed by atoms with Gasteiger partial charge in [0.2, 0.25) is 10.0 Å². The van der Waals surface area contributed by atoms with Crippen LogP contribution in [0.4, 0.5) is 11.4 Å². The second-order valence-electron chi connectivity index (χ2n) is 8.51. The molecule has 2 aromatic heterocycles. The van der Waals surface area contributed by atoms with E-state index in [-0.39, 0.29) is 39.9 Å². The van der Waals surface area contributed by atoms with Gasteiger partial charge in [-0.15, -0.1) is 15.7 Å². The Morgan fingerprint density at radius 1 is 1.28 bits per heavy atom. The summed E-state index contributed by atoms with van der Waals surface area (Å²) in [4.78, 5) is 13.7. The average Bonchev–Trinajstić information content (AvgIpc) is 3.32. The number of hydrogen-bond donors (Lipinski definition) is 3. The van der Waals surface area contributed by atoms with E-state index in [4.69, 9.17) is 0 Å². The Morgan fingerprint density at radius 3 is 2.67 bits per heavy atom. The first-order valence-corrected chi connectivity index (χ1v) is 15.2. The third kappa shape index (κ3) is 5.29. The molecule has 11 nitrogen and oxygen atoms in total. The summed E-state index contributed by atoms with van der Waals surface area (Å²) in [5.74, 6) is -0.498. The molecule has 14 heteroatoms. The molecule has 0 spiro atoms. The SMILES string of the molecule is CCC(C)CCn1nc(-c2cccs2)c(O)c(C2=NS(=O)(=O)c3cc(NS(C)(=O)=O)ccc3N2)c1=O. The number of aromatic hydroxyl groups is 1. The molecule has 1 aliphatic rings. The molecule has 36 heavy (non-hydrogen) atoms. The van der Waals surface area contributed by atoms with E-state index in [1.807, 2.05) is 6.92 Å². The quantitative estimate of drug-likeness (QED) is 0.385. The maximum Gasteiger partial charge on any atom is 0.286 e. The highest BCUT2D eigenvalue weighted by atomic mass is 32.2. The molecule has 0 bridgehead atoms. The van der Waals surface area contributed by atoms with Gasteiger partial charge in [0, 0.05) is 12.2 Å². The molecule has 3 heterocycles. The summed E-state index contributed by atoms with van der Waals surface area (Å²) in [6, 6.07) is 7.37. The first-order chi connectivity index (χ1) is 16.9. The maximum atomic E-state index is 13.4. The molecule has 4 rings (SSSR count). The van der Waals surface area contributed by atoms with Crippen LogP contribution in [0.25, 0.3) is 10.6 Å². The van der Waals surface area contributed by atoms with Crippen molar-refractivity contribution < 1.29 is 21.9 Å². The van der Waals surface area contributed by atoms with Crippen molar-refractivity contribution in [2.24, 2.45) is 10.3 Å². The van der Waals surface area contributed by atoms with E-state index in [9.17, 15) is 26.7 Å². The van der Waals surface area contributed by atoms with Crippen molar-refractivity contribution in [1.29, 1.82) is 0 Å². The van der Waals surface area contributed by atoms with Gasteiger partial charge in [-0.1, -0.05) is 26.3 Å². The number of benzene rings is 1. The van der Waals surface area contributed by atoms with Crippen molar-refractivity contribution in [3.05, 3.63) is 51.6 Å². The molecule has 0 saturated heterocycles. The van der Waals surface area contributed by atoms with Crippen LogP contribution in [0.1, 0.15) is 32.3 Å². The fourth-order valence-corrected chi connectivity index (χ4v) is 6.01. The number of rotatable bonds is 8. The highest BCUT2D eigenvalue weighted by molar-refractivity contribution is 7.92. The summed E-state index contributed by atoms with van der Waals surface area (Å²) < 4.78 is 56.4. The number of amidine groups is 1. The molecule has 0 saturated carbocycles. The number of nitrogens with zero attached hydrogens (tertiary/aromatic N) is 3. The Kier molecular flexibility index (Phi) is 6.94. The Balaban J connectivity index is 1.85. The minimum absolute atomic E-state index is 0.0411. The molecular weight excluding hydrogens is 526 g/mol. The first kappa shape index (κ1) is 25.9. The third-order valence-electron chi connectivity index (χ3n) is 5.68. The molecule has 0 radical (unpaired) electrons. The number of thiophene rings is 1. The summed E-state index contributed by atoms with van der Waals surface area (Å²) in [7, 11) is -7.98. The summed E-state index contributed by atoms with van der Waals surface area (Å²) in [5.41, 5.74) is -0.733. The molecule has 1 aliphatic heterocycles. The predicted molar refractivity (Wildman–Crippen MR) is 140 cm³/mol. The van der Waals surface area contributed by atoms with Crippen LogP contribution in [-0.2, 0) is 26.6 Å². The van der Waals surface area contributed by atoms with Gasteiger partial charge in [-0.05, 0) is 42.0 Å². The van der Waals surface area contributed by atoms with Crippen LogP contribution in [0.15, 0.2) is 49.8 Å². The lowest BCUT2D eigenvalue weighted by Gasteiger charge is -2.21. The number of aromatic nitrogens is 2. The standard InChI is InChI=1S/C22H25N5O6S3/c1-4-13(2)9-10-27-22(29)18(20(28)19(24-27)16-6-5-11-34-16)21-23-15-8-7-14(25-35(3,30)31)12-17(15)36(32,33)26-21/h5-8,11-13,25,28H,4,9-10H2,1-3H3,(H,23,26). The van der Waals surface area contributed by atoms with Crippen LogP contribution in [-0.4, -0.2) is 43.8 Å². The van der Waals surface area contributed by atoms with Crippen molar-refractivity contribution in [2.75, 3.05) is 16.3 Å². The lowest BCUT2D eigenvalue weighted by Crippen LogP contribution is -2.34. The zero-order chi connectivity index (χ0) is 26.3. The van der Waals surface area contributed by atoms with Crippen LogP contribution < -0.4 is 15.6 Å². The highest BCUT2D eigenvalue weighted by Crippen LogP contribution is 2.35. The monoisotopic (exact) mass is 551 g/mol. The minimum Gasteiger partial charge on any atom is -0.505 e. The number of fused-ring (bicyclic) bond motifs is 1. The molecule has 3 N–H and O–H groups in total. The summed E-state index contributed by atoms with van der Waals surface area (Å²) in [6.07, 6.45) is 2.52. The number of sulfonamides is 2. The van der Waals surface area contributed by atoms with E-state index in [0.29, 0.717) is 17.2 Å². The number of hydrogen-bond acceptors (Lipinski definition) is 9. The van der Waals surface area contributed by atoms with E-state index in [0.717, 1.165) is 18.7 Å². The average molecular weight is 552 g/mol. The molecular formula is C22H25N5O6S3. The largest absolute Gasteiger partial charge is 0.505 e. The third-order valence-corrected chi connectivity index (χ3v) is 8.48. The van der Waals surface area contributed by atoms with E-state index in [2.05, 4.69) is 26.5 Å². The number of aryl methyl sites for hydroxylation is 1. The van der Waals surface area contributed by atoms with Crippen LogP contribution in [0.3, 0.4) is 0 Å². The fraction of sp³-hybridized carbons (Fsp3) is 0.318. The molecule has 1 atom stereocenters. The Labute approximate surface area is 212 Å². The molecule has 0 aliphatic carbocycles. The van der Waals surface area contributed by atoms with Gasteiger partial charge in [0.25, 0.3) is 15.6 Å². The maximum absolute atomic E-state index is 13.4. The zero-order valence-corrected chi connectivity index (χ0v) is 22.2. The molecule has 1 aromatic carbocycles. The molecule has 192 valence electrons. The lowest BCUT2D eigenvalue weighted by molar-refractivity contribution is 0.426. The van der Waals surface area contributed by atoms with E-state index < -0.39 is 31.4 Å². The number of nitrogens with one attached hydrogen (secondary N) is 2. The lowest BCUT2D eigenvalue weighted by atomic mass is 10.1. The van der Waals surface area contributed by atoms with Gasteiger partial charge in [0.05, 0.1) is 16.8 Å². The van der Waals surface area contributed by atoms with Crippen LogP contribution in [0, 0.1) is 5.92 Å². The van der Waals surface area contributed by atoms with Gasteiger partial charge in [0.1, 0.15) is 16.2 Å². The summed E-state index contributed by atoms with van der Waals surface area (Å²) in [5, 5.41) is 20.0. The van der Waals surface area contributed by atoms with Crippen LogP contribution in [0.5, 0.6) is 5.75 Å². The topological polar surface area (TPSA) is 160 Å². The van der Waals surface area contributed by atoms with Gasteiger partial charge in [0.15, 0.2) is 11.6 Å². The smallest absolute Gasteiger partial charge is 0.286 e. The van der Waals surface area contributed by atoms with Gasteiger partial charge in [-0.2, -0.15) is 13.5 Å².